The average molecular weight is 1840 g/mol. The average Bonchev–Trinajstić information content (AvgIpc) is 1.54. The van der Waals surface area contributed by atoms with E-state index in [1.54, 1.807) is 7.11 Å². The van der Waals surface area contributed by atoms with Gasteiger partial charge in [-0.25, -0.2) is 0 Å². The number of nitrogens with zero attached hydrogens (tertiary/aromatic N) is 6. The third-order valence-electron chi connectivity index (χ3n) is 24.8. The minimum Gasteiger partial charge on any atom is -0.660 e. The van der Waals surface area contributed by atoms with Gasteiger partial charge in [-0.2, -0.15) is 55.7 Å². The van der Waals surface area contributed by atoms with E-state index in [2.05, 4.69) is 339 Å². The molecule has 17 heteroatoms. The zero-order chi connectivity index (χ0) is 86.7. The normalized spacial score (nSPS) is 22.0. The number of rotatable bonds is 15. The summed E-state index contributed by atoms with van der Waals surface area (Å²) in [4.78, 5) is 23.2. The van der Waals surface area contributed by atoms with E-state index in [-0.39, 0.29) is 116 Å². The maximum atomic E-state index is 6.05. The molecule has 126 heavy (non-hydrogen) atoms. The molecule has 664 valence electrons. The van der Waals surface area contributed by atoms with Gasteiger partial charge in [-0.1, -0.05) is 334 Å². The molecular weight excluding hydrogens is 1690 g/mol. The molecule has 12 unspecified atom stereocenters. The Hall–Kier alpha value is -6.65. The number of aryl methyl sites for hydroxylation is 2. The van der Waals surface area contributed by atoms with Crippen LogP contribution in [0.25, 0.3) is 14.9 Å². The summed E-state index contributed by atoms with van der Waals surface area (Å²) in [5.74, 6) is 9.38. The van der Waals surface area contributed by atoms with Crippen LogP contribution in [0, 0.1) is 104 Å². The summed E-state index contributed by atoms with van der Waals surface area (Å²) < 4.78 is 28.9. The van der Waals surface area contributed by atoms with Crippen molar-refractivity contribution in [1.29, 1.82) is 0 Å². The Morgan fingerprint density at radius 3 is 1.11 bits per heavy atom. The smallest absolute Gasteiger partial charge is 0.660 e. The molecular formula is C109H147N6O5Sc3Si3. The van der Waals surface area contributed by atoms with E-state index in [1.165, 1.54) is 67.3 Å². The van der Waals surface area contributed by atoms with Gasteiger partial charge in [0.1, 0.15) is 19.0 Å². The van der Waals surface area contributed by atoms with Gasteiger partial charge in [0.25, 0.3) is 0 Å². The summed E-state index contributed by atoms with van der Waals surface area (Å²) in [6, 6.07) is 76.3. The second-order valence-electron chi connectivity index (χ2n) is 38.4. The van der Waals surface area contributed by atoms with Crippen LogP contribution in [0.15, 0.2) is 284 Å². The quantitative estimate of drug-likeness (QED) is 0.0740. The molecule has 3 saturated carbocycles. The first-order valence-electron chi connectivity index (χ1n) is 43.5. The van der Waals surface area contributed by atoms with Crippen molar-refractivity contribution in [2.24, 2.45) is 47.3 Å². The van der Waals surface area contributed by atoms with Crippen molar-refractivity contribution >= 4 is 62.5 Å². The van der Waals surface area contributed by atoms with Crippen LogP contribution < -0.4 is 35.4 Å². The molecule has 8 aliphatic rings. The van der Waals surface area contributed by atoms with Crippen LogP contribution in [0.1, 0.15) is 135 Å². The largest absolute Gasteiger partial charge is 3.00 e. The fourth-order valence-corrected chi connectivity index (χ4v) is 36.6. The van der Waals surface area contributed by atoms with E-state index in [9.17, 15) is 0 Å². The minimum absolute atomic E-state index is 0. The second-order valence-corrected chi connectivity index (χ2v) is 49.8. The first-order valence-corrected chi connectivity index (χ1v) is 50.6. The number of fused-ring (bicyclic) bond motifs is 5. The molecule has 8 aromatic rings. The maximum absolute atomic E-state index is 6.05. The predicted molar refractivity (Wildman–Crippen MR) is 536 cm³/mol. The molecule has 8 aromatic carbocycles. The van der Waals surface area contributed by atoms with Crippen molar-refractivity contribution in [1.82, 2.24) is 0 Å². The van der Waals surface area contributed by atoms with E-state index in [4.69, 9.17) is 38.6 Å². The van der Waals surface area contributed by atoms with Crippen molar-refractivity contribution < 1.29 is 101 Å². The number of hydrogen-bond donors (Lipinski definition) is 0. The Morgan fingerprint density at radius 1 is 0.389 bits per heavy atom. The first kappa shape index (κ1) is 110. The molecule has 0 radical (unpaired) electrons. The minimum atomic E-state index is -2.61. The zero-order valence-corrected chi connectivity index (χ0v) is 89.4. The summed E-state index contributed by atoms with van der Waals surface area (Å²) in [6.07, 6.45) is 20.0. The van der Waals surface area contributed by atoms with Crippen LogP contribution >= 0.6 is 0 Å². The van der Waals surface area contributed by atoms with Gasteiger partial charge in [-0.3, -0.25) is 0 Å². The summed E-state index contributed by atoms with van der Waals surface area (Å²) in [5.41, 5.74) is 12.1. The molecule has 6 aliphatic carbocycles. The Morgan fingerprint density at radius 2 is 0.730 bits per heavy atom. The number of methoxy groups -OCH3 is 1. The van der Waals surface area contributed by atoms with Gasteiger partial charge >= 0.3 is 77.5 Å². The molecule has 16 rings (SSSR count). The fraction of sp³-hybridized carbons (Fsp3) is 0.394. The topological polar surface area (TPSA) is 98.2 Å². The van der Waals surface area contributed by atoms with E-state index in [0.29, 0.717) is 84.0 Å². The Kier molecular flexibility index (Phi) is 41.8. The molecule has 2 saturated heterocycles. The van der Waals surface area contributed by atoms with Gasteiger partial charge in [0.2, 0.25) is 6.79 Å². The molecule has 12 atom stereocenters. The third kappa shape index (κ3) is 27.0. The molecule has 5 fully saturated rings. The fourth-order valence-electron chi connectivity index (χ4n) is 20.5. The number of allylic oxidation sites excluding steroid dienone is 7. The van der Waals surface area contributed by atoms with Crippen LogP contribution in [-0.4, -0.2) is 111 Å². The predicted octanol–water partition coefficient (Wildman–Crippen LogP) is 24.8. The van der Waals surface area contributed by atoms with Gasteiger partial charge in [-0.05, 0) is 182 Å². The Bertz CT molecular complexity index is 4660. The molecule has 0 N–H and O–H groups in total. The Balaban J connectivity index is 0.000000286. The van der Waals surface area contributed by atoms with Gasteiger partial charge < -0.3 is 75.6 Å². The van der Waals surface area contributed by atoms with Crippen LogP contribution in [0.3, 0.4) is 0 Å². The summed E-state index contributed by atoms with van der Waals surface area (Å²) >= 11 is 0. The first-order chi connectivity index (χ1) is 56.9. The van der Waals surface area contributed by atoms with Crippen molar-refractivity contribution in [2.75, 3.05) is 84.1 Å². The Labute approximate surface area is 824 Å². The number of benzene rings is 8. The monoisotopic (exact) mass is 1840 g/mol. The van der Waals surface area contributed by atoms with Crippen molar-refractivity contribution in [2.45, 2.75) is 162 Å². The molecule has 11 nitrogen and oxygen atoms in total. The SMILES string of the molecule is CC1CC2C=C3OCCOC3=CC2C1[Si]([N-]C(C)(C)C)(c1ccccc1)c1ccccc1.CC1CC2C=C3OCOC3=CC2C1[Si](C)(C)[N-]C(C)(C)C.COC1=CC2C(c3ccccc3)CC([Si]([N-]C(C)(C)C)(c3ccc(C)cc3)c3ccc(C)cc3)C2C=C1.[CH2-]c1ccccc1N(C)C.[CH2-]c1ccccc1N(C)C.[CH2-]c1ccccc1N(C)C.[CH3-].[CH3-].[CH3-].[Sc+3].[Sc+3].[Sc+3]. The summed E-state index contributed by atoms with van der Waals surface area (Å²) in [5, 5.41) is 5.66. The molecule has 0 bridgehead atoms. The molecule has 2 aliphatic heterocycles. The summed E-state index contributed by atoms with van der Waals surface area (Å²) in [6.45, 7) is 47.7. The van der Waals surface area contributed by atoms with Crippen LogP contribution in [0.5, 0.6) is 0 Å². The number of hydrogen-bond acceptors (Lipinski definition) is 8. The van der Waals surface area contributed by atoms with Crippen LogP contribution in [-0.2, 0) is 101 Å². The zero-order valence-electron chi connectivity index (χ0n) is 81.0. The van der Waals surface area contributed by atoms with E-state index in [0.717, 1.165) is 57.8 Å². The molecule has 2 heterocycles. The van der Waals surface area contributed by atoms with Gasteiger partial charge in [0.05, 0.1) is 7.11 Å². The van der Waals surface area contributed by atoms with E-state index >= 15 is 0 Å². The second kappa shape index (κ2) is 48.0. The van der Waals surface area contributed by atoms with Crippen molar-refractivity contribution in [3.05, 3.63) is 375 Å². The number of anilines is 3. The molecule has 0 aromatic heterocycles. The van der Waals surface area contributed by atoms with Crippen LogP contribution in [0.2, 0.25) is 29.7 Å². The standard InChI is InChI=1S/C34H40NOSi.C28H34NO2Si.C17H28NO2Si.3C9H12N.3CH3.3Sc/c1-24-12-17-28(18-13-24)37(35-34(3,4)5,29-19-14-25(2)15-20-29)33-23-31(26-10-8-7-9-11-26)32-22-27(36-6)16-21-30(32)33;1-20-17-21-18-25-26(31-16-15-30-25)19-24(21)27(20)32(29-28(2,3)4,22-11-7-5-8-12-22)23-13-9-6-10-14-23;1-11-7-12-8-14-15(20-10-19-14)9-13(12)16(11)21(5,6)18-17(2,3)4;3*1-8-6-4-5-7-9(8)10(2)3;;;;;;/h7-22,30-33H,23H2,1-6H3;5-14,18-21,24,27H,15-17H2,1-4H3;8-9,11-13,16H,7,10H2,1-6H3;3*4-7H,1H2,2-3H3;3*1H3;;;/q9*-1;3*+3. The number of ether oxygens (including phenoxy) is 5. The van der Waals surface area contributed by atoms with Crippen molar-refractivity contribution in [3.63, 3.8) is 0 Å². The third-order valence-corrected chi connectivity index (χ3v) is 39.1. The van der Waals surface area contributed by atoms with E-state index < -0.39 is 24.7 Å². The van der Waals surface area contributed by atoms with Gasteiger partial charge in [0, 0.05) is 16.5 Å². The van der Waals surface area contributed by atoms with Gasteiger partial charge in [-0.15, -0.1) is 34.8 Å². The number of para-hydroxylation sites is 3. The van der Waals surface area contributed by atoms with Crippen LogP contribution in [0.4, 0.5) is 17.1 Å². The maximum Gasteiger partial charge on any atom is 3.00 e. The van der Waals surface area contributed by atoms with Gasteiger partial charge in [0.15, 0.2) is 23.0 Å². The molecule has 0 spiro atoms. The molecule has 0 amide bonds. The van der Waals surface area contributed by atoms with E-state index in [1.807, 2.05) is 96.9 Å². The van der Waals surface area contributed by atoms with Crippen molar-refractivity contribution in [3.8, 4) is 0 Å². The summed E-state index contributed by atoms with van der Waals surface area (Å²) in [7, 11) is 7.10.